The van der Waals surface area contributed by atoms with Crippen molar-refractivity contribution in [1.82, 2.24) is 5.32 Å². The van der Waals surface area contributed by atoms with Crippen LogP contribution in [-0.2, 0) is 0 Å². The van der Waals surface area contributed by atoms with E-state index in [0.717, 1.165) is 11.3 Å². The number of hydrogen-bond donors (Lipinski definition) is 1. The summed E-state index contributed by atoms with van der Waals surface area (Å²) in [5.74, 6) is 0.729. The van der Waals surface area contributed by atoms with Gasteiger partial charge in [0.05, 0.1) is 12.1 Å². The Labute approximate surface area is 87.9 Å². The van der Waals surface area contributed by atoms with E-state index >= 15 is 0 Å². The first-order valence-electron chi connectivity index (χ1n) is 3.74. The summed E-state index contributed by atoms with van der Waals surface area (Å²) < 4.78 is 5.02. The molecule has 0 fully saturated rings. The Morgan fingerprint density at radius 1 is 1.54 bits per heavy atom. The fraction of sp³-hybridized carbons (Fsp3) is 0.222. The molecule has 0 aliphatic rings. The molecule has 0 heterocycles. The average Bonchev–Trinajstić information content (AvgIpc) is 2.16. The van der Waals surface area contributed by atoms with Gasteiger partial charge in [-0.2, -0.15) is 0 Å². The molecule has 0 atom stereocenters. The zero-order valence-electron chi connectivity index (χ0n) is 7.43. The van der Waals surface area contributed by atoms with E-state index in [1.165, 1.54) is 0 Å². The largest absolute Gasteiger partial charge is 0.497 e. The highest BCUT2D eigenvalue weighted by Crippen LogP contribution is 2.22. The molecular formula is C9H10ClNOS. The summed E-state index contributed by atoms with van der Waals surface area (Å²) >= 11 is 11.0. The molecule has 0 aliphatic heterocycles. The third-order valence-electron chi connectivity index (χ3n) is 1.65. The minimum absolute atomic E-state index is 0.596. The fourth-order valence-electron chi connectivity index (χ4n) is 0.942. The van der Waals surface area contributed by atoms with Gasteiger partial charge in [-0.3, -0.25) is 0 Å². The van der Waals surface area contributed by atoms with Gasteiger partial charge in [0.25, 0.3) is 0 Å². The lowest BCUT2D eigenvalue weighted by molar-refractivity contribution is 0.415. The second kappa shape index (κ2) is 4.44. The molecule has 0 unspecified atom stereocenters. The first kappa shape index (κ1) is 10.3. The van der Waals surface area contributed by atoms with Crippen LogP contribution in [0.3, 0.4) is 0 Å². The second-order valence-corrected chi connectivity index (χ2v) is 3.24. The minimum Gasteiger partial charge on any atom is -0.497 e. The maximum atomic E-state index is 5.97. The van der Waals surface area contributed by atoms with Crippen LogP contribution in [0.15, 0.2) is 18.2 Å². The maximum Gasteiger partial charge on any atom is 0.120 e. The Balaban J connectivity index is 3.05. The smallest absolute Gasteiger partial charge is 0.120 e. The summed E-state index contributed by atoms with van der Waals surface area (Å²) in [6.07, 6.45) is 0. The molecule has 0 saturated heterocycles. The predicted molar refractivity (Wildman–Crippen MR) is 58.8 cm³/mol. The zero-order chi connectivity index (χ0) is 9.84. The maximum absolute atomic E-state index is 5.97. The monoisotopic (exact) mass is 215 g/mol. The number of halogens is 1. The van der Waals surface area contributed by atoms with Crippen LogP contribution in [0.2, 0.25) is 5.02 Å². The van der Waals surface area contributed by atoms with E-state index in [-0.39, 0.29) is 0 Å². The van der Waals surface area contributed by atoms with Crippen LogP contribution in [0.25, 0.3) is 0 Å². The molecular weight excluding hydrogens is 206 g/mol. The van der Waals surface area contributed by atoms with Gasteiger partial charge in [0.2, 0.25) is 0 Å². The summed E-state index contributed by atoms with van der Waals surface area (Å²) in [6.45, 7) is 0. The normalized spacial score (nSPS) is 9.46. The van der Waals surface area contributed by atoms with Gasteiger partial charge in [0.15, 0.2) is 0 Å². The summed E-state index contributed by atoms with van der Waals surface area (Å²) in [6, 6.07) is 5.39. The van der Waals surface area contributed by atoms with Gasteiger partial charge in [-0.25, -0.2) is 0 Å². The second-order valence-electron chi connectivity index (χ2n) is 2.42. The van der Waals surface area contributed by atoms with Crippen LogP contribution in [0.4, 0.5) is 0 Å². The van der Waals surface area contributed by atoms with Gasteiger partial charge in [0.1, 0.15) is 10.7 Å². The lowest BCUT2D eigenvalue weighted by Crippen LogP contribution is -2.16. The third kappa shape index (κ3) is 2.32. The van der Waals surface area contributed by atoms with E-state index in [2.05, 4.69) is 5.32 Å². The molecule has 0 saturated carbocycles. The van der Waals surface area contributed by atoms with E-state index in [1.807, 2.05) is 12.1 Å². The van der Waals surface area contributed by atoms with Gasteiger partial charge in [-0.05, 0) is 18.2 Å². The van der Waals surface area contributed by atoms with E-state index in [9.17, 15) is 0 Å². The molecule has 13 heavy (non-hydrogen) atoms. The molecule has 0 radical (unpaired) electrons. The third-order valence-corrected chi connectivity index (χ3v) is 2.38. The molecule has 1 aromatic carbocycles. The molecule has 70 valence electrons. The molecule has 0 amide bonds. The minimum atomic E-state index is 0.596. The van der Waals surface area contributed by atoms with Crippen LogP contribution in [0.5, 0.6) is 5.75 Å². The van der Waals surface area contributed by atoms with Gasteiger partial charge in [-0.1, -0.05) is 23.8 Å². The van der Waals surface area contributed by atoms with Gasteiger partial charge >= 0.3 is 0 Å². The van der Waals surface area contributed by atoms with Gasteiger partial charge in [-0.15, -0.1) is 0 Å². The molecule has 4 heteroatoms. The van der Waals surface area contributed by atoms with Crippen molar-refractivity contribution in [2.24, 2.45) is 0 Å². The fourth-order valence-corrected chi connectivity index (χ4v) is 1.44. The van der Waals surface area contributed by atoms with Crippen molar-refractivity contribution < 1.29 is 4.74 Å². The quantitative estimate of drug-likeness (QED) is 0.765. The van der Waals surface area contributed by atoms with Crippen molar-refractivity contribution in [2.75, 3.05) is 14.2 Å². The predicted octanol–water partition coefficient (Wildman–Crippen LogP) is 2.24. The number of methoxy groups -OCH3 is 1. The van der Waals surface area contributed by atoms with Crippen LogP contribution in [-0.4, -0.2) is 19.1 Å². The molecule has 2 nitrogen and oxygen atoms in total. The van der Waals surface area contributed by atoms with E-state index in [0.29, 0.717) is 10.0 Å². The van der Waals surface area contributed by atoms with Crippen molar-refractivity contribution in [2.45, 2.75) is 0 Å². The van der Waals surface area contributed by atoms with Crippen molar-refractivity contribution in [3.05, 3.63) is 28.8 Å². The number of benzene rings is 1. The zero-order valence-corrected chi connectivity index (χ0v) is 9.00. The molecule has 0 aliphatic carbocycles. The Hall–Kier alpha value is -0.800. The molecule has 1 rings (SSSR count). The first-order chi connectivity index (χ1) is 6.19. The lowest BCUT2D eigenvalue weighted by Gasteiger charge is -2.06. The Kier molecular flexibility index (Phi) is 3.51. The van der Waals surface area contributed by atoms with Crippen LogP contribution >= 0.6 is 23.8 Å². The van der Waals surface area contributed by atoms with Crippen LogP contribution in [0.1, 0.15) is 5.56 Å². The number of thiocarbonyl (C=S) groups is 1. The topological polar surface area (TPSA) is 21.3 Å². The standard InChI is InChI=1S/C9H10ClNOS/c1-11-9(13)7-4-3-6(12-2)5-8(7)10/h3-5H,1-2H3,(H,11,13). The first-order valence-corrected chi connectivity index (χ1v) is 4.53. The summed E-state index contributed by atoms with van der Waals surface area (Å²) in [5.41, 5.74) is 0.819. The van der Waals surface area contributed by atoms with Crippen molar-refractivity contribution in [1.29, 1.82) is 0 Å². The van der Waals surface area contributed by atoms with Crippen molar-refractivity contribution in [3.8, 4) is 5.75 Å². The Morgan fingerprint density at radius 2 is 2.23 bits per heavy atom. The van der Waals surface area contributed by atoms with Crippen molar-refractivity contribution in [3.63, 3.8) is 0 Å². The van der Waals surface area contributed by atoms with Gasteiger partial charge in [0, 0.05) is 12.6 Å². The highest BCUT2D eigenvalue weighted by atomic mass is 35.5. The van der Waals surface area contributed by atoms with E-state index in [1.54, 1.807) is 20.2 Å². The van der Waals surface area contributed by atoms with Crippen molar-refractivity contribution >= 4 is 28.8 Å². The summed E-state index contributed by atoms with van der Waals surface area (Å²) in [4.78, 5) is 0.632. The molecule has 1 aromatic rings. The Bertz CT molecular complexity index is 327. The molecule has 0 spiro atoms. The van der Waals surface area contributed by atoms with E-state index < -0.39 is 0 Å². The average molecular weight is 216 g/mol. The summed E-state index contributed by atoms with van der Waals surface area (Å²) in [7, 11) is 3.37. The van der Waals surface area contributed by atoms with Crippen LogP contribution in [0, 0.1) is 0 Å². The van der Waals surface area contributed by atoms with Gasteiger partial charge < -0.3 is 10.1 Å². The summed E-state index contributed by atoms with van der Waals surface area (Å²) in [5, 5.41) is 3.46. The van der Waals surface area contributed by atoms with E-state index in [4.69, 9.17) is 28.6 Å². The molecule has 0 bridgehead atoms. The van der Waals surface area contributed by atoms with Crippen LogP contribution < -0.4 is 10.1 Å². The SMILES string of the molecule is CNC(=S)c1ccc(OC)cc1Cl. The number of nitrogens with one attached hydrogen (secondary N) is 1. The number of rotatable bonds is 2. The lowest BCUT2D eigenvalue weighted by atomic mass is 10.2. The molecule has 1 N–H and O–H groups in total. The number of ether oxygens (including phenoxy) is 1. The highest BCUT2D eigenvalue weighted by Gasteiger charge is 2.05. The molecule has 0 aromatic heterocycles. The highest BCUT2D eigenvalue weighted by molar-refractivity contribution is 7.80. The Morgan fingerprint density at radius 3 is 2.69 bits per heavy atom. The number of hydrogen-bond acceptors (Lipinski definition) is 2.